The van der Waals surface area contributed by atoms with Crippen molar-refractivity contribution in [2.75, 3.05) is 11.5 Å². The SMILES string of the molecule is CCSc1cc(N)n(Cc2ccccc2C)n1. The van der Waals surface area contributed by atoms with Crippen molar-refractivity contribution in [1.82, 2.24) is 9.78 Å². The lowest BCUT2D eigenvalue weighted by atomic mass is 10.1. The molecule has 0 radical (unpaired) electrons. The van der Waals surface area contributed by atoms with Gasteiger partial charge in [0.15, 0.2) is 0 Å². The molecule has 1 aromatic carbocycles. The molecule has 0 aliphatic heterocycles. The van der Waals surface area contributed by atoms with Crippen LogP contribution in [0, 0.1) is 6.92 Å². The molecule has 0 aliphatic rings. The number of hydrogen-bond acceptors (Lipinski definition) is 3. The minimum absolute atomic E-state index is 0.726. The maximum Gasteiger partial charge on any atom is 0.123 e. The number of benzene rings is 1. The van der Waals surface area contributed by atoms with Crippen LogP contribution in [-0.2, 0) is 6.54 Å². The summed E-state index contributed by atoms with van der Waals surface area (Å²) in [6.07, 6.45) is 0. The molecule has 90 valence electrons. The summed E-state index contributed by atoms with van der Waals surface area (Å²) in [6, 6.07) is 10.2. The molecule has 0 amide bonds. The molecule has 0 unspecified atom stereocenters. The van der Waals surface area contributed by atoms with E-state index in [9.17, 15) is 0 Å². The third kappa shape index (κ3) is 2.82. The lowest BCUT2D eigenvalue weighted by Gasteiger charge is -2.06. The van der Waals surface area contributed by atoms with Crippen molar-refractivity contribution in [2.45, 2.75) is 25.4 Å². The zero-order valence-corrected chi connectivity index (χ0v) is 11.0. The molecule has 1 aromatic heterocycles. The van der Waals surface area contributed by atoms with Gasteiger partial charge in [-0.3, -0.25) is 0 Å². The highest BCUT2D eigenvalue weighted by Gasteiger charge is 2.06. The highest BCUT2D eigenvalue weighted by atomic mass is 32.2. The first-order chi connectivity index (χ1) is 8.20. The highest BCUT2D eigenvalue weighted by Crippen LogP contribution is 2.20. The molecule has 17 heavy (non-hydrogen) atoms. The number of nitrogens with two attached hydrogens (primary N) is 1. The van der Waals surface area contributed by atoms with Crippen LogP contribution in [0.1, 0.15) is 18.1 Å². The Morgan fingerprint density at radius 2 is 2.12 bits per heavy atom. The van der Waals surface area contributed by atoms with Crippen LogP contribution in [0.15, 0.2) is 35.4 Å². The van der Waals surface area contributed by atoms with Gasteiger partial charge in [-0.15, -0.1) is 11.8 Å². The van der Waals surface area contributed by atoms with E-state index < -0.39 is 0 Å². The summed E-state index contributed by atoms with van der Waals surface area (Å²) in [7, 11) is 0. The molecule has 4 heteroatoms. The van der Waals surface area contributed by atoms with Crippen LogP contribution in [0.25, 0.3) is 0 Å². The number of anilines is 1. The molecular weight excluding hydrogens is 230 g/mol. The van der Waals surface area contributed by atoms with Gasteiger partial charge in [0, 0.05) is 6.07 Å². The average molecular weight is 247 g/mol. The Kier molecular flexibility index (Phi) is 3.74. The van der Waals surface area contributed by atoms with E-state index in [4.69, 9.17) is 5.73 Å². The lowest BCUT2D eigenvalue weighted by Crippen LogP contribution is -2.06. The van der Waals surface area contributed by atoms with Gasteiger partial charge in [-0.2, -0.15) is 5.10 Å². The number of hydrogen-bond donors (Lipinski definition) is 1. The maximum absolute atomic E-state index is 5.96. The second-order valence-corrected chi connectivity index (χ2v) is 5.21. The molecule has 0 saturated carbocycles. The van der Waals surface area contributed by atoms with Crippen molar-refractivity contribution in [3.63, 3.8) is 0 Å². The normalized spacial score (nSPS) is 10.7. The molecule has 3 nitrogen and oxygen atoms in total. The third-order valence-corrected chi connectivity index (χ3v) is 3.45. The van der Waals surface area contributed by atoms with Gasteiger partial charge in [0.2, 0.25) is 0 Å². The lowest BCUT2D eigenvalue weighted by molar-refractivity contribution is 0.673. The summed E-state index contributed by atoms with van der Waals surface area (Å²) in [5, 5.41) is 5.49. The molecule has 0 saturated heterocycles. The fraction of sp³-hybridized carbons (Fsp3) is 0.308. The zero-order chi connectivity index (χ0) is 12.3. The topological polar surface area (TPSA) is 43.8 Å². The molecule has 0 atom stereocenters. The van der Waals surface area contributed by atoms with Gasteiger partial charge in [-0.05, 0) is 23.8 Å². The molecular formula is C13H17N3S. The quantitative estimate of drug-likeness (QED) is 0.845. The summed E-state index contributed by atoms with van der Waals surface area (Å²) in [4.78, 5) is 0. The number of thioether (sulfide) groups is 1. The number of nitrogen functional groups attached to an aromatic ring is 1. The number of aromatic nitrogens is 2. The van der Waals surface area contributed by atoms with Gasteiger partial charge >= 0.3 is 0 Å². The van der Waals surface area contributed by atoms with Crippen molar-refractivity contribution in [2.24, 2.45) is 0 Å². The van der Waals surface area contributed by atoms with E-state index in [-0.39, 0.29) is 0 Å². The number of aryl methyl sites for hydroxylation is 1. The van der Waals surface area contributed by atoms with Crippen molar-refractivity contribution in [3.05, 3.63) is 41.5 Å². The van der Waals surface area contributed by atoms with Crippen LogP contribution in [0.3, 0.4) is 0 Å². The summed E-state index contributed by atoms with van der Waals surface area (Å²) in [5.41, 5.74) is 8.49. The standard InChI is InChI=1S/C13H17N3S/c1-3-17-13-8-12(14)16(15-13)9-11-7-5-4-6-10(11)2/h4-8H,3,9,14H2,1-2H3. The summed E-state index contributed by atoms with van der Waals surface area (Å²) < 4.78 is 1.86. The monoisotopic (exact) mass is 247 g/mol. The van der Waals surface area contributed by atoms with Gasteiger partial charge in [-0.25, -0.2) is 4.68 Å². The Balaban J connectivity index is 2.21. The Bertz CT molecular complexity index is 505. The molecule has 0 spiro atoms. The van der Waals surface area contributed by atoms with Gasteiger partial charge in [-0.1, -0.05) is 31.2 Å². The van der Waals surface area contributed by atoms with Crippen LogP contribution in [0.4, 0.5) is 5.82 Å². The second-order valence-electron chi connectivity index (χ2n) is 3.92. The first-order valence-corrected chi connectivity index (χ1v) is 6.70. The number of rotatable bonds is 4. The van der Waals surface area contributed by atoms with Crippen molar-refractivity contribution in [1.29, 1.82) is 0 Å². The van der Waals surface area contributed by atoms with Crippen molar-refractivity contribution < 1.29 is 0 Å². The van der Waals surface area contributed by atoms with Gasteiger partial charge in [0.25, 0.3) is 0 Å². The Morgan fingerprint density at radius 3 is 2.82 bits per heavy atom. The van der Waals surface area contributed by atoms with Crippen LogP contribution in [0.2, 0.25) is 0 Å². The van der Waals surface area contributed by atoms with Crippen molar-refractivity contribution in [3.8, 4) is 0 Å². The minimum atomic E-state index is 0.726. The molecule has 2 rings (SSSR count). The smallest absolute Gasteiger partial charge is 0.123 e. The fourth-order valence-electron chi connectivity index (χ4n) is 1.70. The van der Waals surface area contributed by atoms with Crippen LogP contribution >= 0.6 is 11.8 Å². The first kappa shape index (κ1) is 12.0. The third-order valence-electron chi connectivity index (χ3n) is 2.66. The maximum atomic E-state index is 5.96. The molecule has 0 fully saturated rings. The van der Waals surface area contributed by atoms with E-state index in [1.54, 1.807) is 11.8 Å². The fourth-order valence-corrected chi connectivity index (χ4v) is 2.36. The largest absolute Gasteiger partial charge is 0.384 e. The molecule has 0 aliphatic carbocycles. The summed E-state index contributed by atoms with van der Waals surface area (Å²) in [6.45, 7) is 4.96. The van der Waals surface area contributed by atoms with Gasteiger partial charge in [0.1, 0.15) is 10.8 Å². The summed E-state index contributed by atoms with van der Waals surface area (Å²) >= 11 is 1.71. The van der Waals surface area contributed by atoms with Crippen LogP contribution < -0.4 is 5.73 Å². The van der Waals surface area contributed by atoms with E-state index >= 15 is 0 Å². The van der Waals surface area contributed by atoms with E-state index in [0.29, 0.717) is 0 Å². The van der Waals surface area contributed by atoms with Crippen LogP contribution in [0.5, 0.6) is 0 Å². The van der Waals surface area contributed by atoms with E-state index in [0.717, 1.165) is 23.1 Å². The Morgan fingerprint density at radius 1 is 1.35 bits per heavy atom. The minimum Gasteiger partial charge on any atom is -0.384 e. The molecule has 1 heterocycles. The molecule has 0 bridgehead atoms. The molecule has 2 aromatic rings. The highest BCUT2D eigenvalue weighted by molar-refractivity contribution is 7.99. The Labute approximate surface area is 106 Å². The van der Waals surface area contributed by atoms with Gasteiger partial charge < -0.3 is 5.73 Å². The first-order valence-electron chi connectivity index (χ1n) is 5.71. The van der Waals surface area contributed by atoms with E-state index in [1.165, 1.54) is 11.1 Å². The van der Waals surface area contributed by atoms with Crippen molar-refractivity contribution >= 4 is 17.6 Å². The Hall–Kier alpha value is -1.42. The molecule has 2 N–H and O–H groups in total. The summed E-state index contributed by atoms with van der Waals surface area (Å²) in [5.74, 6) is 1.74. The number of nitrogens with zero attached hydrogens (tertiary/aromatic N) is 2. The van der Waals surface area contributed by atoms with E-state index in [2.05, 4.69) is 31.1 Å². The van der Waals surface area contributed by atoms with Gasteiger partial charge in [0.05, 0.1) is 6.54 Å². The average Bonchev–Trinajstić information content (AvgIpc) is 2.63. The predicted octanol–water partition coefficient (Wildman–Crippen LogP) is 2.93. The zero-order valence-electron chi connectivity index (χ0n) is 10.2. The van der Waals surface area contributed by atoms with E-state index in [1.807, 2.05) is 22.9 Å². The van der Waals surface area contributed by atoms with Crippen LogP contribution in [-0.4, -0.2) is 15.5 Å². The second kappa shape index (κ2) is 5.27. The predicted molar refractivity (Wildman–Crippen MR) is 73.3 cm³/mol.